The molecule has 0 radical (unpaired) electrons. The lowest BCUT2D eigenvalue weighted by molar-refractivity contribution is -0.257. The predicted molar refractivity (Wildman–Crippen MR) is 77.6 cm³/mol. The molecular weight excluding hydrogens is 276 g/mol. The number of rotatable bonds is 5. The minimum absolute atomic E-state index is 0.114. The summed E-state index contributed by atoms with van der Waals surface area (Å²) in [6.07, 6.45) is -3.53. The lowest BCUT2D eigenvalue weighted by atomic mass is 9.97. The van der Waals surface area contributed by atoms with E-state index in [1.807, 2.05) is 0 Å². The number of aliphatic hydroxyl groups is 2. The van der Waals surface area contributed by atoms with Crippen LogP contribution in [0, 0.1) is 0 Å². The van der Waals surface area contributed by atoms with E-state index >= 15 is 0 Å². The van der Waals surface area contributed by atoms with Gasteiger partial charge < -0.3 is 36.1 Å². The van der Waals surface area contributed by atoms with Crippen LogP contribution in [0.4, 0.5) is 0 Å². The quantitative estimate of drug-likeness (QED) is 0.424. The Bertz CT molecular complexity index is 313. The average molecular weight is 304 g/mol. The summed E-state index contributed by atoms with van der Waals surface area (Å²) in [5, 5.41) is 19.7. The third-order valence-corrected chi connectivity index (χ3v) is 4.27. The first-order valence-electron chi connectivity index (χ1n) is 7.52. The topological polar surface area (TPSA) is 117 Å². The number of likely N-dealkylation sites (N-methyl/N-ethyl adjacent to an activating group) is 1. The molecule has 0 aromatic rings. The second-order valence-electron chi connectivity index (χ2n) is 5.85. The highest BCUT2D eigenvalue weighted by Crippen LogP contribution is 2.20. The van der Waals surface area contributed by atoms with Crippen molar-refractivity contribution in [3.05, 3.63) is 0 Å². The zero-order chi connectivity index (χ0) is 15.4. The minimum Gasteiger partial charge on any atom is -0.388 e. The van der Waals surface area contributed by atoms with Crippen molar-refractivity contribution in [1.29, 1.82) is 0 Å². The molecule has 2 aliphatic rings. The lowest BCUT2D eigenvalue weighted by Crippen LogP contribution is -2.63. The number of nitrogens with zero attached hydrogens (tertiary/aromatic N) is 2. The molecule has 124 valence electrons. The molecule has 0 aromatic carbocycles. The Labute approximate surface area is 125 Å². The fourth-order valence-corrected chi connectivity index (χ4v) is 2.67. The molecule has 6 N–H and O–H groups in total. The normalized spacial score (nSPS) is 39.6. The van der Waals surface area contributed by atoms with E-state index in [0.717, 1.165) is 32.7 Å². The van der Waals surface area contributed by atoms with Gasteiger partial charge in [-0.15, -0.1) is 0 Å². The van der Waals surface area contributed by atoms with E-state index < -0.39 is 30.6 Å². The maximum Gasteiger partial charge on any atom is 0.175 e. The van der Waals surface area contributed by atoms with Crippen LogP contribution in [0.5, 0.6) is 0 Å². The molecule has 0 amide bonds. The van der Waals surface area contributed by atoms with Crippen molar-refractivity contribution < 1.29 is 19.7 Å². The molecule has 21 heavy (non-hydrogen) atoms. The molecule has 8 heteroatoms. The summed E-state index contributed by atoms with van der Waals surface area (Å²) in [6, 6.07) is -0.768. The van der Waals surface area contributed by atoms with Crippen LogP contribution in [0.25, 0.3) is 0 Å². The van der Waals surface area contributed by atoms with E-state index in [0.29, 0.717) is 6.61 Å². The first-order chi connectivity index (χ1) is 10.0. The van der Waals surface area contributed by atoms with Gasteiger partial charge in [0, 0.05) is 39.3 Å². The summed E-state index contributed by atoms with van der Waals surface area (Å²) in [4.78, 5) is 4.61. The Morgan fingerprint density at radius 3 is 2.48 bits per heavy atom. The van der Waals surface area contributed by atoms with Gasteiger partial charge in [0.2, 0.25) is 0 Å². The van der Waals surface area contributed by atoms with Crippen molar-refractivity contribution in [2.75, 3.05) is 52.9 Å². The summed E-state index contributed by atoms with van der Waals surface area (Å²) in [5.74, 6) is 0. The van der Waals surface area contributed by atoms with Gasteiger partial charge in [0.15, 0.2) is 6.29 Å². The van der Waals surface area contributed by atoms with Gasteiger partial charge in [-0.1, -0.05) is 0 Å². The van der Waals surface area contributed by atoms with Gasteiger partial charge in [0.25, 0.3) is 0 Å². The van der Waals surface area contributed by atoms with Crippen molar-refractivity contribution in [1.82, 2.24) is 9.80 Å². The summed E-state index contributed by atoms with van der Waals surface area (Å²) in [6.45, 7) is 5.53. The molecule has 0 bridgehead atoms. The van der Waals surface area contributed by atoms with Gasteiger partial charge in [0.05, 0.1) is 12.6 Å². The predicted octanol–water partition coefficient (Wildman–Crippen LogP) is -3.02. The van der Waals surface area contributed by atoms with Crippen LogP contribution in [0.2, 0.25) is 0 Å². The van der Waals surface area contributed by atoms with Gasteiger partial charge in [-0.3, -0.25) is 4.90 Å². The Morgan fingerprint density at radius 2 is 1.86 bits per heavy atom. The van der Waals surface area contributed by atoms with E-state index in [9.17, 15) is 10.2 Å². The largest absolute Gasteiger partial charge is 0.388 e. The van der Waals surface area contributed by atoms with E-state index in [1.165, 1.54) is 0 Å². The fraction of sp³-hybridized carbons (Fsp3) is 1.00. The maximum atomic E-state index is 9.89. The molecule has 2 rings (SSSR count). The van der Waals surface area contributed by atoms with Crippen LogP contribution in [0.3, 0.4) is 0 Å². The maximum absolute atomic E-state index is 9.89. The average Bonchev–Trinajstić information content (AvgIpc) is 2.49. The number of ether oxygens (including phenoxy) is 2. The van der Waals surface area contributed by atoms with E-state index in [4.69, 9.17) is 20.9 Å². The number of hydrogen-bond acceptors (Lipinski definition) is 8. The van der Waals surface area contributed by atoms with Crippen molar-refractivity contribution in [3.63, 3.8) is 0 Å². The van der Waals surface area contributed by atoms with Crippen LogP contribution in [0.15, 0.2) is 0 Å². The zero-order valence-corrected chi connectivity index (χ0v) is 12.6. The Balaban J connectivity index is 1.74. The molecule has 8 nitrogen and oxygen atoms in total. The van der Waals surface area contributed by atoms with E-state index in [-0.39, 0.29) is 6.54 Å². The van der Waals surface area contributed by atoms with Gasteiger partial charge in [0.1, 0.15) is 18.3 Å². The third kappa shape index (κ3) is 4.33. The Kier molecular flexibility index (Phi) is 6.33. The first kappa shape index (κ1) is 17.0. The van der Waals surface area contributed by atoms with Crippen LogP contribution >= 0.6 is 0 Å². The highest BCUT2D eigenvalue weighted by atomic mass is 16.7. The van der Waals surface area contributed by atoms with Crippen LogP contribution < -0.4 is 11.5 Å². The van der Waals surface area contributed by atoms with E-state index in [2.05, 4.69) is 16.8 Å². The van der Waals surface area contributed by atoms with Gasteiger partial charge in [-0.25, -0.2) is 0 Å². The SMILES string of the molecule is CN1CCN(CCO[C@@H]2O[C@H](CN)[C@@H](O)[C@H](O)[C@H]2N)CC1. The Morgan fingerprint density at radius 1 is 1.19 bits per heavy atom. The highest BCUT2D eigenvalue weighted by Gasteiger charge is 2.42. The molecule has 5 atom stereocenters. The minimum atomic E-state index is -1.08. The summed E-state index contributed by atoms with van der Waals surface area (Å²) in [7, 11) is 2.11. The monoisotopic (exact) mass is 304 g/mol. The van der Waals surface area contributed by atoms with Crippen LogP contribution in [-0.4, -0.2) is 104 Å². The fourth-order valence-electron chi connectivity index (χ4n) is 2.67. The smallest absolute Gasteiger partial charge is 0.175 e. The molecule has 2 heterocycles. The molecule has 0 spiro atoms. The van der Waals surface area contributed by atoms with E-state index in [1.54, 1.807) is 0 Å². The molecule has 0 unspecified atom stereocenters. The van der Waals surface area contributed by atoms with Crippen molar-refractivity contribution in [2.45, 2.75) is 30.6 Å². The number of piperazine rings is 1. The molecule has 2 fully saturated rings. The number of aliphatic hydroxyl groups excluding tert-OH is 2. The molecule has 2 saturated heterocycles. The second kappa shape index (κ2) is 7.80. The standard InChI is InChI=1S/C13H28N4O4/c1-16-2-4-17(5-3-16)6-7-20-13-10(15)12(19)11(18)9(8-14)21-13/h9-13,18-19H,2-8,14-15H2,1H3/t9-,10-,11-,12-,13-/m1/s1. The van der Waals surface area contributed by atoms with Crippen molar-refractivity contribution in [2.24, 2.45) is 11.5 Å². The molecule has 0 saturated carbocycles. The number of nitrogens with two attached hydrogens (primary N) is 2. The Hall–Kier alpha value is -0.320. The molecule has 2 aliphatic heterocycles. The lowest BCUT2D eigenvalue weighted by Gasteiger charge is -2.41. The summed E-state index contributed by atoms with van der Waals surface area (Å²) in [5.41, 5.74) is 11.4. The van der Waals surface area contributed by atoms with Crippen LogP contribution in [0.1, 0.15) is 0 Å². The van der Waals surface area contributed by atoms with Crippen LogP contribution in [-0.2, 0) is 9.47 Å². The second-order valence-corrected chi connectivity index (χ2v) is 5.85. The first-order valence-corrected chi connectivity index (χ1v) is 7.52. The summed E-state index contributed by atoms with van der Waals surface area (Å²) < 4.78 is 11.2. The third-order valence-electron chi connectivity index (χ3n) is 4.27. The highest BCUT2D eigenvalue weighted by molar-refractivity contribution is 4.92. The molecular formula is C13H28N4O4. The van der Waals surface area contributed by atoms with Gasteiger partial charge in [-0.2, -0.15) is 0 Å². The number of hydrogen-bond donors (Lipinski definition) is 4. The summed E-state index contributed by atoms with van der Waals surface area (Å²) >= 11 is 0. The van der Waals surface area contributed by atoms with Crippen molar-refractivity contribution in [3.8, 4) is 0 Å². The van der Waals surface area contributed by atoms with Gasteiger partial charge >= 0.3 is 0 Å². The van der Waals surface area contributed by atoms with Crippen molar-refractivity contribution >= 4 is 0 Å². The zero-order valence-electron chi connectivity index (χ0n) is 12.6. The van der Waals surface area contributed by atoms with Gasteiger partial charge in [-0.05, 0) is 7.05 Å². The molecule has 0 aliphatic carbocycles. The molecule has 0 aromatic heterocycles.